The van der Waals surface area contributed by atoms with Crippen LogP contribution in [0.4, 0.5) is 0 Å². The molecule has 0 aromatic rings. The molecule has 108 valence electrons. The highest BCUT2D eigenvalue weighted by Crippen LogP contribution is 2.22. The molecule has 1 aliphatic rings. The van der Waals surface area contributed by atoms with Crippen molar-refractivity contribution >= 4 is 0 Å². The lowest BCUT2D eigenvalue weighted by atomic mass is 9.86. The maximum Gasteiger partial charge on any atom is 0.0240 e. The molecule has 1 heterocycles. The second kappa shape index (κ2) is 6.88. The molecule has 0 saturated carbocycles. The molecular formula is C15H33N3. The van der Waals surface area contributed by atoms with E-state index < -0.39 is 0 Å². The second-order valence-corrected chi connectivity index (χ2v) is 6.88. The van der Waals surface area contributed by atoms with Crippen LogP contribution in [-0.4, -0.2) is 62.2 Å². The summed E-state index contributed by atoms with van der Waals surface area (Å²) in [6, 6.07) is 1.28. The quantitative estimate of drug-likeness (QED) is 0.829. The fourth-order valence-corrected chi connectivity index (χ4v) is 2.95. The topological polar surface area (TPSA) is 18.5 Å². The van der Waals surface area contributed by atoms with E-state index in [1.807, 2.05) is 0 Å². The largest absolute Gasteiger partial charge is 0.315 e. The summed E-state index contributed by atoms with van der Waals surface area (Å²) < 4.78 is 0. The Morgan fingerprint density at radius 2 is 1.94 bits per heavy atom. The third-order valence-corrected chi connectivity index (χ3v) is 4.31. The average Bonchev–Trinajstić information content (AvgIpc) is 2.45. The molecular weight excluding hydrogens is 222 g/mol. The highest BCUT2D eigenvalue weighted by Gasteiger charge is 2.29. The van der Waals surface area contributed by atoms with Crippen molar-refractivity contribution in [3.63, 3.8) is 0 Å². The molecule has 3 nitrogen and oxygen atoms in total. The zero-order chi connectivity index (χ0) is 13.8. The molecule has 1 aliphatic heterocycles. The first-order valence-corrected chi connectivity index (χ1v) is 7.48. The van der Waals surface area contributed by atoms with Crippen LogP contribution >= 0.6 is 0 Å². The van der Waals surface area contributed by atoms with Crippen LogP contribution in [0.25, 0.3) is 0 Å². The standard InChI is InChI=1S/C15H33N3/c1-7-13-11-17(6)9-8-10-18(13)12-14(16-5)15(2,3)4/h13-14,16H,7-12H2,1-6H3. The Kier molecular flexibility index (Phi) is 6.09. The molecule has 1 N–H and O–H groups in total. The van der Waals surface area contributed by atoms with Crippen molar-refractivity contribution < 1.29 is 0 Å². The first-order valence-electron chi connectivity index (χ1n) is 7.48. The van der Waals surface area contributed by atoms with Crippen LogP contribution < -0.4 is 5.32 Å². The third-order valence-electron chi connectivity index (χ3n) is 4.31. The zero-order valence-corrected chi connectivity index (χ0v) is 13.3. The minimum Gasteiger partial charge on any atom is -0.315 e. The first-order chi connectivity index (χ1) is 8.38. The second-order valence-electron chi connectivity index (χ2n) is 6.88. The number of rotatable bonds is 4. The maximum absolute atomic E-state index is 3.51. The van der Waals surface area contributed by atoms with E-state index >= 15 is 0 Å². The van der Waals surface area contributed by atoms with Gasteiger partial charge in [0.15, 0.2) is 0 Å². The van der Waals surface area contributed by atoms with Gasteiger partial charge in [-0.1, -0.05) is 27.7 Å². The molecule has 1 saturated heterocycles. The minimum absolute atomic E-state index is 0.325. The van der Waals surface area contributed by atoms with Crippen molar-refractivity contribution in [2.75, 3.05) is 40.3 Å². The summed E-state index contributed by atoms with van der Waals surface area (Å²) in [7, 11) is 4.35. The number of hydrogen-bond donors (Lipinski definition) is 1. The van der Waals surface area contributed by atoms with E-state index in [0.717, 1.165) is 6.04 Å². The lowest BCUT2D eigenvalue weighted by molar-refractivity contribution is 0.132. The van der Waals surface area contributed by atoms with Crippen LogP contribution in [0, 0.1) is 5.41 Å². The van der Waals surface area contributed by atoms with Gasteiger partial charge in [-0.05, 0) is 45.4 Å². The van der Waals surface area contributed by atoms with E-state index in [4.69, 9.17) is 0 Å². The molecule has 0 aromatic heterocycles. The van der Waals surface area contributed by atoms with Gasteiger partial charge in [-0.3, -0.25) is 4.90 Å². The third kappa shape index (κ3) is 4.52. The van der Waals surface area contributed by atoms with Gasteiger partial charge in [0.05, 0.1) is 0 Å². The van der Waals surface area contributed by atoms with E-state index in [0.29, 0.717) is 11.5 Å². The number of nitrogens with zero attached hydrogens (tertiary/aromatic N) is 2. The molecule has 0 amide bonds. The number of hydrogen-bond acceptors (Lipinski definition) is 3. The van der Waals surface area contributed by atoms with Crippen molar-refractivity contribution in [2.24, 2.45) is 5.41 Å². The summed E-state index contributed by atoms with van der Waals surface area (Å²) in [5.41, 5.74) is 0.325. The van der Waals surface area contributed by atoms with Gasteiger partial charge in [0.25, 0.3) is 0 Å². The molecule has 1 rings (SSSR count). The molecule has 0 radical (unpaired) electrons. The Bertz CT molecular complexity index is 234. The Labute approximate surface area is 114 Å². The predicted molar refractivity (Wildman–Crippen MR) is 80.1 cm³/mol. The van der Waals surface area contributed by atoms with Crippen molar-refractivity contribution in [1.82, 2.24) is 15.1 Å². The SMILES string of the molecule is CCC1CN(C)CCCN1CC(NC)C(C)(C)C. The first kappa shape index (κ1) is 15.9. The lowest BCUT2D eigenvalue weighted by Gasteiger charge is -2.38. The molecule has 2 unspecified atom stereocenters. The summed E-state index contributed by atoms with van der Waals surface area (Å²) in [5, 5.41) is 3.51. The van der Waals surface area contributed by atoms with Gasteiger partial charge >= 0.3 is 0 Å². The summed E-state index contributed by atoms with van der Waals surface area (Å²) in [5.74, 6) is 0. The van der Waals surface area contributed by atoms with Gasteiger partial charge in [-0.15, -0.1) is 0 Å². The molecule has 0 bridgehead atoms. The van der Waals surface area contributed by atoms with Crippen molar-refractivity contribution in [3.05, 3.63) is 0 Å². The van der Waals surface area contributed by atoms with Crippen LogP contribution in [0.1, 0.15) is 40.5 Å². The summed E-state index contributed by atoms with van der Waals surface area (Å²) in [4.78, 5) is 5.19. The van der Waals surface area contributed by atoms with Crippen molar-refractivity contribution in [3.8, 4) is 0 Å². The van der Waals surface area contributed by atoms with Gasteiger partial charge in [-0.25, -0.2) is 0 Å². The van der Waals surface area contributed by atoms with E-state index in [1.165, 1.54) is 39.0 Å². The number of likely N-dealkylation sites (N-methyl/N-ethyl adjacent to an activating group) is 2. The molecule has 18 heavy (non-hydrogen) atoms. The normalized spacial score (nSPS) is 26.0. The Morgan fingerprint density at radius 3 is 2.44 bits per heavy atom. The van der Waals surface area contributed by atoms with E-state index in [9.17, 15) is 0 Å². The van der Waals surface area contributed by atoms with Gasteiger partial charge in [0.1, 0.15) is 0 Å². The van der Waals surface area contributed by atoms with Crippen LogP contribution in [0.2, 0.25) is 0 Å². The number of nitrogens with one attached hydrogen (secondary N) is 1. The Hall–Kier alpha value is -0.120. The minimum atomic E-state index is 0.325. The molecule has 0 aliphatic carbocycles. The van der Waals surface area contributed by atoms with Gasteiger partial charge in [-0.2, -0.15) is 0 Å². The molecule has 3 heteroatoms. The summed E-state index contributed by atoms with van der Waals surface area (Å²) in [6.07, 6.45) is 2.55. The summed E-state index contributed by atoms with van der Waals surface area (Å²) in [6.45, 7) is 14.2. The fraction of sp³-hybridized carbons (Fsp3) is 1.00. The van der Waals surface area contributed by atoms with Gasteiger partial charge in [0.2, 0.25) is 0 Å². The summed E-state index contributed by atoms with van der Waals surface area (Å²) >= 11 is 0. The molecule has 0 spiro atoms. The van der Waals surface area contributed by atoms with Gasteiger partial charge in [0, 0.05) is 25.2 Å². The molecule has 2 atom stereocenters. The zero-order valence-electron chi connectivity index (χ0n) is 13.3. The van der Waals surface area contributed by atoms with Crippen LogP contribution in [0.3, 0.4) is 0 Å². The lowest BCUT2D eigenvalue weighted by Crippen LogP contribution is -2.51. The molecule has 0 aromatic carbocycles. The van der Waals surface area contributed by atoms with E-state index in [-0.39, 0.29) is 0 Å². The van der Waals surface area contributed by atoms with Crippen molar-refractivity contribution in [1.29, 1.82) is 0 Å². The van der Waals surface area contributed by atoms with Crippen LogP contribution in [0.15, 0.2) is 0 Å². The van der Waals surface area contributed by atoms with Gasteiger partial charge < -0.3 is 10.2 Å². The highest BCUT2D eigenvalue weighted by molar-refractivity contribution is 4.86. The van der Waals surface area contributed by atoms with Crippen LogP contribution in [0.5, 0.6) is 0 Å². The fourth-order valence-electron chi connectivity index (χ4n) is 2.95. The van der Waals surface area contributed by atoms with Crippen molar-refractivity contribution in [2.45, 2.75) is 52.6 Å². The Morgan fingerprint density at radius 1 is 1.28 bits per heavy atom. The molecule has 1 fully saturated rings. The van der Waals surface area contributed by atoms with Crippen LogP contribution in [-0.2, 0) is 0 Å². The predicted octanol–water partition coefficient (Wildman–Crippen LogP) is 2.04. The maximum atomic E-state index is 3.51. The average molecular weight is 255 g/mol. The van der Waals surface area contributed by atoms with E-state index in [1.54, 1.807) is 0 Å². The highest BCUT2D eigenvalue weighted by atomic mass is 15.2. The van der Waals surface area contributed by atoms with E-state index in [2.05, 4.69) is 56.9 Å². The smallest absolute Gasteiger partial charge is 0.0240 e. The Balaban J connectivity index is 2.67. The monoisotopic (exact) mass is 255 g/mol.